The van der Waals surface area contributed by atoms with Crippen LogP contribution in [0.4, 0.5) is 0 Å². The lowest BCUT2D eigenvalue weighted by molar-refractivity contribution is 0.340. The molecule has 4 nitrogen and oxygen atoms in total. The topological polar surface area (TPSA) is 64.5 Å². The Balaban J connectivity index is 0.00000121. The highest BCUT2D eigenvalue weighted by molar-refractivity contribution is 5.21. The molecule has 4 heteroatoms. The lowest BCUT2D eigenvalue weighted by Crippen LogP contribution is -2.27. The van der Waals surface area contributed by atoms with Gasteiger partial charge >= 0.3 is 0 Å². The third-order valence-corrected chi connectivity index (χ3v) is 1.85. The van der Waals surface area contributed by atoms with Crippen LogP contribution in [0.25, 0.3) is 0 Å². The van der Waals surface area contributed by atoms with E-state index in [1.54, 1.807) is 6.20 Å². The van der Waals surface area contributed by atoms with Gasteiger partial charge < -0.3 is 15.5 Å². The minimum atomic E-state index is 0.345. The van der Waals surface area contributed by atoms with Gasteiger partial charge in [-0.1, -0.05) is 32.0 Å². The Hall–Kier alpha value is -1.68. The van der Waals surface area contributed by atoms with E-state index < -0.39 is 0 Å². The Morgan fingerprint density at radius 3 is 2.41 bits per heavy atom. The maximum atomic E-state index is 5.71. The summed E-state index contributed by atoms with van der Waals surface area (Å²) in [7, 11) is 0. The van der Waals surface area contributed by atoms with Crippen molar-refractivity contribution in [2.75, 3.05) is 13.2 Å². The Morgan fingerprint density at radius 1 is 1.29 bits per heavy atom. The van der Waals surface area contributed by atoms with E-state index in [0.717, 1.165) is 5.75 Å². The first-order valence-electron chi connectivity index (χ1n) is 5.87. The van der Waals surface area contributed by atoms with Gasteiger partial charge in [-0.15, -0.1) is 0 Å². The van der Waals surface area contributed by atoms with E-state index in [2.05, 4.69) is 0 Å². The van der Waals surface area contributed by atoms with Gasteiger partial charge in [0, 0.05) is 12.7 Å². The minimum absolute atomic E-state index is 0.345. The molecular weight excluding hydrogens is 214 g/mol. The molecule has 0 aliphatic carbocycles. The fourth-order valence-corrected chi connectivity index (χ4v) is 1.02. The first-order chi connectivity index (χ1) is 8.22. The zero-order valence-electron chi connectivity index (χ0n) is 10.9. The second kappa shape index (κ2) is 9.54. The van der Waals surface area contributed by atoms with Crippen LogP contribution in [-0.4, -0.2) is 18.2 Å². The van der Waals surface area contributed by atoms with Crippen molar-refractivity contribution >= 4 is 0 Å². The second-order valence-electron chi connectivity index (χ2n) is 3.14. The van der Waals surface area contributed by atoms with Crippen LogP contribution in [-0.2, 0) is 0 Å². The summed E-state index contributed by atoms with van der Waals surface area (Å²) in [6, 6.07) is 9.53. The van der Waals surface area contributed by atoms with Crippen LogP contribution < -0.4 is 16.3 Å². The maximum absolute atomic E-state index is 5.71. The lowest BCUT2D eigenvalue weighted by Gasteiger charge is -2.12. The fraction of sp³-hybridized carbons (Fsp3) is 0.385. The zero-order chi connectivity index (χ0) is 13.1. The van der Waals surface area contributed by atoms with Gasteiger partial charge in [0.15, 0.2) is 0 Å². The van der Waals surface area contributed by atoms with Gasteiger partial charge in [-0.25, -0.2) is 5.84 Å². The van der Waals surface area contributed by atoms with E-state index in [0.29, 0.717) is 18.8 Å². The molecule has 0 atom stereocenters. The predicted molar refractivity (Wildman–Crippen MR) is 72.1 cm³/mol. The van der Waals surface area contributed by atoms with E-state index in [1.165, 1.54) is 5.01 Å². The van der Waals surface area contributed by atoms with Gasteiger partial charge in [0.25, 0.3) is 0 Å². The summed E-state index contributed by atoms with van der Waals surface area (Å²) in [5, 5.41) is 1.52. The zero-order valence-corrected chi connectivity index (χ0v) is 10.9. The van der Waals surface area contributed by atoms with E-state index in [4.69, 9.17) is 16.3 Å². The third-order valence-electron chi connectivity index (χ3n) is 1.85. The number of rotatable bonds is 5. The smallest absolute Gasteiger partial charge is 0.129 e. The molecule has 0 spiro atoms. The molecule has 0 amide bonds. The predicted octanol–water partition coefficient (Wildman–Crippen LogP) is 2.09. The summed E-state index contributed by atoms with van der Waals surface area (Å²) in [6.45, 7) is 7.01. The summed E-state index contributed by atoms with van der Waals surface area (Å²) in [6.07, 6.45) is 1.67. The summed E-state index contributed by atoms with van der Waals surface area (Å²) in [5.41, 5.74) is 6.31. The van der Waals surface area contributed by atoms with Crippen molar-refractivity contribution in [3.8, 4) is 5.75 Å². The van der Waals surface area contributed by atoms with Gasteiger partial charge in [0.1, 0.15) is 12.4 Å². The van der Waals surface area contributed by atoms with Crippen molar-refractivity contribution < 1.29 is 4.74 Å². The minimum Gasteiger partial charge on any atom is -0.487 e. The van der Waals surface area contributed by atoms with Crippen molar-refractivity contribution in [3.63, 3.8) is 0 Å². The van der Waals surface area contributed by atoms with Crippen LogP contribution in [0, 0.1) is 0 Å². The highest BCUT2D eigenvalue weighted by Crippen LogP contribution is 2.08. The second-order valence-corrected chi connectivity index (χ2v) is 3.14. The van der Waals surface area contributed by atoms with Crippen molar-refractivity contribution in [2.24, 2.45) is 11.6 Å². The molecule has 1 rings (SSSR count). The van der Waals surface area contributed by atoms with Crippen molar-refractivity contribution in [2.45, 2.75) is 20.8 Å². The van der Waals surface area contributed by atoms with Crippen LogP contribution in [0.5, 0.6) is 5.75 Å². The number of hydrazine groups is 1. The standard InChI is InChI=1S/C11H17N3O.C2H6/c1-2-14(13)8-10(12)9-15-11-6-4-3-5-7-11;1-2/h3-8H,2,9,12-13H2,1H3;1-2H3/b10-8-;. The molecule has 0 heterocycles. The molecular formula is C13H23N3O. The fourth-order valence-electron chi connectivity index (χ4n) is 1.02. The number of hydrogen-bond donors (Lipinski definition) is 2. The number of nitrogens with zero attached hydrogens (tertiary/aromatic N) is 1. The number of nitrogens with two attached hydrogens (primary N) is 2. The van der Waals surface area contributed by atoms with Crippen molar-refractivity contribution in [3.05, 3.63) is 42.2 Å². The molecule has 17 heavy (non-hydrogen) atoms. The maximum Gasteiger partial charge on any atom is 0.129 e. The highest BCUT2D eigenvalue weighted by Gasteiger charge is 1.95. The number of para-hydroxylation sites is 1. The highest BCUT2D eigenvalue weighted by atomic mass is 16.5. The van der Waals surface area contributed by atoms with Gasteiger partial charge in [0.2, 0.25) is 0 Å². The molecule has 0 aliphatic heterocycles. The van der Waals surface area contributed by atoms with Gasteiger partial charge in [0.05, 0.1) is 5.70 Å². The molecule has 0 radical (unpaired) electrons. The largest absolute Gasteiger partial charge is 0.487 e. The molecule has 0 saturated heterocycles. The van der Waals surface area contributed by atoms with E-state index in [1.807, 2.05) is 51.1 Å². The molecule has 1 aromatic carbocycles. The Kier molecular flexibility index (Phi) is 8.60. The van der Waals surface area contributed by atoms with E-state index in [-0.39, 0.29) is 0 Å². The van der Waals surface area contributed by atoms with Crippen molar-refractivity contribution in [1.82, 2.24) is 5.01 Å². The van der Waals surface area contributed by atoms with Crippen LogP contribution >= 0.6 is 0 Å². The third kappa shape index (κ3) is 7.25. The van der Waals surface area contributed by atoms with Gasteiger partial charge in [-0.3, -0.25) is 0 Å². The quantitative estimate of drug-likeness (QED) is 0.608. The molecule has 0 aliphatic rings. The molecule has 1 aromatic rings. The van der Waals surface area contributed by atoms with Crippen LogP contribution in [0.3, 0.4) is 0 Å². The summed E-state index contributed by atoms with van der Waals surface area (Å²) < 4.78 is 5.44. The summed E-state index contributed by atoms with van der Waals surface area (Å²) in [4.78, 5) is 0. The average molecular weight is 237 g/mol. The first-order valence-corrected chi connectivity index (χ1v) is 5.87. The SMILES string of the molecule is CC.CCN(N)/C=C(\N)COc1ccccc1. The van der Waals surface area contributed by atoms with Gasteiger partial charge in [-0.05, 0) is 19.1 Å². The molecule has 96 valence electrons. The van der Waals surface area contributed by atoms with Crippen LogP contribution in [0.15, 0.2) is 42.2 Å². The number of ether oxygens (including phenoxy) is 1. The summed E-state index contributed by atoms with van der Waals surface area (Å²) in [5.74, 6) is 6.36. The Bertz CT molecular complexity index is 312. The Morgan fingerprint density at radius 2 is 1.88 bits per heavy atom. The van der Waals surface area contributed by atoms with Crippen LogP contribution in [0.2, 0.25) is 0 Å². The van der Waals surface area contributed by atoms with Crippen LogP contribution in [0.1, 0.15) is 20.8 Å². The molecule has 0 saturated carbocycles. The normalized spacial score (nSPS) is 10.2. The monoisotopic (exact) mass is 237 g/mol. The first kappa shape index (κ1) is 15.3. The van der Waals surface area contributed by atoms with E-state index in [9.17, 15) is 0 Å². The Labute approximate surface area is 104 Å². The molecule has 0 fully saturated rings. The van der Waals surface area contributed by atoms with Gasteiger partial charge in [-0.2, -0.15) is 0 Å². The lowest BCUT2D eigenvalue weighted by atomic mass is 10.3. The average Bonchev–Trinajstić information content (AvgIpc) is 2.40. The molecule has 4 N–H and O–H groups in total. The van der Waals surface area contributed by atoms with Crippen molar-refractivity contribution in [1.29, 1.82) is 0 Å². The van der Waals surface area contributed by atoms with E-state index >= 15 is 0 Å². The molecule has 0 unspecified atom stereocenters. The molecule has 0 aromatic heterocycles. The number of hydrogen-bond acceptors (Lipinski definition) is 4. The summed E-state index contributed by atoms with van der Waals surface area (Å²) >= 11 is 0. The molecule has 0 bridgehead atoms. The number of benzene rings is 1.